The van der Waals surface area contributed by atoms with Gasteiger partial charge < -0.3 is 5.32 Å². The molecule has 1 aliphatic carbocycles. The lowest BCUT2D eigenvalue weighted by Gasteiger charge is -2.29. The molecule has 1 aliphatic rings. The number of allylic oxidation sites excluding steroid dienone is 2. The minimum absolute atomic E-state index is 0.113. The van der Waals surface area contributed by atoms with Gasteiger partial charge in [0.05, 0.1) is 0 Å². The highest BCUT2D eigenvalue weighted by Crippen LogP contribution is 2.32. The van der Waals surface area contributed by atoms with Crippen LogP contribution in [0.15, 0.2) is 24.4 Å². The quantitative estimate of drug-likeness (QED) is 0.549. The van der Waals surface area contributed by atoms with Crippen molar-refractivity contribution in [2.45, 2.75) is 33.1 Å². The molecule has 2 heteroatoms. The molecule has 0 aromatic heterocycles. The van der Waals surface area contributed by atoms with Gasteiger partial charge in [-0.25, -0.2) is 0 Å². The van der Waals surface area contributed by atoms with Crippen molar-refractivity contribution >= 4 is 5.78 Å². The summed E-state index contributed by atoms with van der Waals surface area (Å²) in [5.74, 6) is 0.238. The number of rotatable bonds is 4. The Labute approximate surface area is 86.1 Å². The SMILES string of the molecule is C=CCCNC1=CC(=O)CC(C)(C)C1. The van der Waals surface area contributed by atoms with Gasteiger partial charge in [0.2, 0.25) is 0 Å². The molecule has 0 saturated heterocycles. The smallest absolute Gasteiger partial charge is 0.157 e. The van der Waals surface area contributed by atoms with Crippen molar-refractivity contribution in [1.29, 1.82) is 0 Å². The van der Waals surface area contributed by atoms with Crippen LogP contribution in [-0.2, 0) is 4.79 Å². The number of hydrogen-bond donors (Lipinski definition) is 1. The van der Waals surface area contributed by atoms with Crippen molar-refractivity contribution in [3.63, 3.8) is 0 Å². The maximum atomic E-state index is 11.4. The molecule has 0 fully saturated rings. The molecule has 0 aliphatic heterocycles. The van der Waals surface area contributed by atoms with Crippen molar-refractivity contribution in [2.24, 2.45) is 5.41 Å². The van der Waals surface area contributed by atoms with Crippen LogP contribution in [0.25, 0.3) is 0 Å². The first kappa shape index (κ1) is 11.0. The number of hydrogen-bond acceptors (Lipinski definition) is 2. The van der Waals surface area contributed by atoms with E-state index < -0.39 is 0 Å². The Balaban J connectivity index is 2.51. The Hall–Kier alpha value is -1.05. The summed E-state index contributed by atoms with van der Waals surface area (Å²) in [7, 11) is 0. The lowest BCUT2D eigenvalue weighted by atomic mass is 9.79. The molecular formula is C12H19NO. The van der Waals surface area contributed by atoms with Gasteiger partial charge in [0.1, 0.15) is 0 Å². The second-order valence-electron chi connectivity index (χ2n) is 4.66. The van der Waals surface area contributed by atoms with Crippen molar-refractivity contribution < 1.29 is 4.79 Å². The summed E-state index contributed by atoms with van der Waals surface area (Å²) in [6.07, 6.45) is 6.19. The predicted octanol–water partition coefficient (Wildman–Crippen LogP) is 2.43. The predicted molar refractivity (Wildman–Crippen MR) is 58.9 cm³/mol. The first-order chi connectivity index (χ1) is 6.53. The van der Waals surface area contributed by atoms with Crippen LogP contribution >= 0.6 is 0 Å². The van der Waals surface area contributed by atoms with Crippen molar-refractivity contribution in [1.82, 2.24) is 5.32 Å². The minimum Gasteiger partial charge on any atom is -0.388 e. The molecule has 14 heavy (non-hydrogen) atoms. The Bertz CT molecular complexity index is 263. The van der Waals surface area contributed by atoms with Gasteiger partial charge in [-0.3, -0.25) is 4.79 Å². The van der Waals surface area contributed by atoms with Gasteiger partial charge in [-0.1, -0.05) is 19.9 Å². The van der Waals surface area contributed by atoms with E-state index in [4.69, 9.17) is 0 Å². The molecule has 0 aromatic carbocycles. The average molecular weight is 193 g/mol. The second kappa shape index (κ2) is 4.45. The summed E-state index contributed by atoms with van der Waals surface area (Å²) < 4.78 is 0. The Morgan fingerprint density at radius 1 is 1.57 bits per heavy atom. The van der Waals surface area contributed by atoms with E-state index in [1.807, 2.05) is 6.08 Å². The third kappa shape index (κ3) is 3.36. The van der Waals surface area contributed by atoms with E-state index in [2.05, 4.69) is 25.7 Å². The molecule has 0 radical (unpaired) electrons. The monoisotopic (exact) mass is 193 g/mol. The molecule has 0 aromatic rings. The molecule has 78 valence electrons. The summed E-state index contributed by atoms with van der Waals surface area (Å²) in [4.78, 5) is 11.4. The van der Waals surface area contributed by atoms with Gasteiger partial charge in [-0.2, -0.15) is 0 Å². The summed E-state index contributed by atoms with van der Waals surface area (Å²) in [6, 6.07) is 0. The van der Waals surface area contributed by atoms with E-state index in [1.165, 1.54) is 0 Å². The van der Waals surface area contributed by atoms with Gasteiger partial charge >= 0.3 is 0 Å². The molecule has 0 unspecified atom stereocenters. The standard InChI is InChI=1S/C12H19NO/c1-4-5-6-13-10-7-11(14)9-12(2,3)8-10/h4,7,13H,1,5-6,8-9H2,2-3H3. The Morgan fingerprint density at radius 2 is 2.29 bits per heavy atom. The summed E-state index contributed by atoms with van der Waals surface area (Å²) >= 11 is 0. The van der Waals surface area contributed by atoms with Gasteiger partial charge in [-0.05, 0) is 18.3 Å². The fourth-order valence-electron chi connectivity index (χ4n) is 1.79. The van der Waals surface area contributed by atoms with Gasteiger partial charge in [0, 0.05) is 24.7 Å². The number of carbonyl (C=O) groups is 1. The van der Waals surface area contributed by atoms with Crippen LogP contribution in [0.5, 0.6) is 0 Å². The maximum absolute atomic E-state index is 11.4. The highest BCUT2D eigenvalue weighted by atomic mass is 16.1. The molecule has 1 N–H and O–H groups in total. The minimum atomic E-state index is 0.113. The van der Waals surface area contributed by atoms with Crippen LogP contribution in [0.3, 0.4) is 0 Å². The zero-order chi connectivity index (χ0) is 10.6. The third-order valence-corrected chi connectivity index (χ3v) is 2.36. The fourth-order valence-corrected chi connectivity index (χ4v) is 1.79. The van der Waals surface area contributed by atoms with Crippen molar-refractivity contribution in [3.8, 4) is 0 Å². The number of nitrogens with one attached hydrogen (secondary N) is 1. The Kier molecular flexibility index (Phi) is 3.50. The zero-order valence-electron chi connectivity index (χ0n) is 9.10. The molecule has 0 heterocycles. The first-order valence-electron chi connectivity index (χ1n) is 5.12. The third-order valence-electron chi connectivity index (χ3n) is 2.36. The van der Waals surface area contributed by atoms with Crippen LogP contribution < -0.4 is 5.32 Å². The first-order valence-corrected chi connectivity index (χ1v) is 5.12. The topological polar surface area (TPSA) is 29.1 Å². The van der Waals surface area contributed by atoms with Gasteiger partial charge in [-0.15, -0.1) is 6.58 Å². The largest absolute Gasteiger partial charge is 0.388 e. The number of carbonyl (C=O) groups excluding carboxylic acids is 1. The molecule has 1 rings (SSSR count). The molecular weight excluding hydrogens is 174 g/mol. The fraction of sp³-hybridized carbons (Fsp3) is 0.583. The van der Waals surface area contributed by atoms with E-state index in [1.54, 1.807) is 6.08 Å². The lowest BCUT2D eigenvalue weighted by molar-refractivity contribution is -0.117. The van der Waals surface area contributed by atoms with E-state index >= 15 is 0 Å². The molecule has 0 amide bonds. The van der Waals surface area contributed by atoms with E-state index in [9.17, 15) is 4.79 Å². The maximum Gasteiger partial charge on any atom is 0.157 e. The summed E-state index contributed by atoms with van der Waals surface area (Å²) in [5.41, 5.74) is 1.19. The molecule has 2 nitrogen and oxygen atoms in total. The molecule has 0 bridgehead atoms. The van der Waals surface area contributed by atoms with E-state index in [-0.39, 0.29) is 11.2 Å². The normalized spacial score (nSPS) is 20.1. The molecule has 0 atom stereocenters. The molecule has 0 spiro atoms. The zero-order valence-corrected chi connectivity index (χ0v) is 9.10. The van der Waals surface area contributed by atoms with Crippen LogP contribution in [0.2, 0.25) is 0 Å². The van der Waals surface area contributed by atoms with Crippen LogP contribution in [0.1, 0.15) is 33.1 Å². The van der Waals surface area contributed by atoms with Crippen molar-refractivity contribution in [3.05, 3.63) is 24.4 Å². The summed E-state index contributed by atoms with van der Waals surface area (Å²) in [6.45, 7) is 8.80. The van der Waals surface area contributed by atoms with Crippen LogP contribution in [0, 0.1) is 5.41 Å². The van der Waals surface area contributed by atoms with Gasteiger partial charge in [0.25, 0.3) is 0 Å². The lowest BCUT2D eigenvalue weighted by Crippen LogP contribution is -2.28. The summed E-state index contributed by atoms with van der Waals surface area (Å²) in [5, 5.41) is 3.28. The highest BCUT2D eigenvalue weighted by Gasteiger charge is 2.26. The van der Waals surface area contributed by atoms with E-state index in [0.717, 1.165) is 25.1 Å². The Morgan fingerprint density at radius 3 is 2.86 bits per heavy atom. The van der Waals surface area contributed by atoms with Gasteiger partial charge in [0.15, 0.2) is 5.78 Å². The average Bonchev–Trinajstić information content (AvgIpc) is 2.00. The van der Waals surface area contributed by atoms with Crippen LogP contribution in [0.4, 0.5) is 0 Å². The number of ketones is 1. The van der Waals surface area contributed by atoms with Crippen LogP contribution in [-0.4, -0.2) is 12.3 Å². The highest BCUT2D eigenvalue weighted by molar-refractivity contribution is 5.91. The second-order valence-corrected chi connectivity index (χ2v) is 4.66. The van der Waals surface area contributed by atoms with Crippen molar-refractivity contribution in [2.75, 3.05) is 6.54 Å². The van der Waals surface area contributed by atoms with E-state index in [0.29, 0.717) is 6.42 Å². The molecule has 0 saturated carbocycles.